The fraction of sp³-hybridized carbons (Fsp3) is 0.270. The van der Waals surface area contributed by atoms with Gasteiger partial charge in [-0.3, -0.25) is 0 Å². The van der Waals surface area contributed by atoms with Crippen LogP contribution in [0.4, 0.5) is 0 Å². The molecule has 4 heteroatoms. The Bertz CT molecular complexity index is 3170. The third-order valence-corrected chi connectivity index (χ3v) is 14.0. The Morgan fingerprint density at radius 3 is 1.33 bits per heavy atom. The van der Waals surface area contributed by atoms with E-state index in [4.69, 9.17) is 0 Å². The van der Waals surface area contributed by atoms with E-state index in [1.807, 2.05) is 38.1 Å². The van der Waals surface area contributed by atoms with Crippen molar-refractivity contribution < 1.29 is 37.8 Å². The minimum absolute atomic E-state index is 0. The number of benzene rings is 7. The molecule has 8 rings (SSSR count). The standard InChI is InChI=1S/C56H51OS2.C11H16.C5H12.C2H6.Y/c1-37-16-20-43(21-17-37)38(2)53(47-12-8-6-9-13-47)55(40(4)45-28-32-51(58)33-29-45)49-24-26-50(27-25-49)56(41(5)46-30-34-52(59)35-31-46)54(48-14-10-7-11-15-48)39(3)44-22-18-42(36-57)19-23-44;1-9-5-7-10(8-6-9)11(2,3)4;1-5(2,3)4;1-2;/h7-26,28-35,50,57-59H,27,36H2,1-5H3;5-8H,1-4H3;1-4H3;1-2H3;/q-1;;;;/b53-38+,54-39+,55-40+,56-41+;;;;. The number of hydrogen-bond donors (Lipinski definition) is 3. The molecule has 0 spiro atoms. The molecule has 0 saturated heterocycles. The van der Waals surface area contributed by atoms with Gasteiger partial charge in [-0.15, -0.1) is 30.8 Å². The monoisotopic (exact) mass is 1140 g/mol. The number of rotatable bonds is 11. The summed E-state index contributed by atoms with van der Waals surface area (Å²) in [6.07, 6.45) is 8.04. The first-order chi connectivity index (χ1) is 36.6. The molecular weight excluding hydrogens is 1060 g/mol. The predicted molar refractivity (Wildman–Crippen MR) is 345 cm³/mol. The largest absolute Gasteiger partial charge is 0.392 e. The summed E-state index contributed by atoms with van der Waals surface area (Å²) in [5.74, 6) is 0.0817. The molecule has 1 atom stereocenters. The summed E-state index contributed by atoms with van der Waals surface area (Å²) in [6.45, 7) is 32.7. The Hall–Kier alpha value is -5.26. The summed E-state index contributed by atoms with van der Waals surface area (Å²) in [7, 11) is 0. The normalized spacial score (nSPS) is 14.4. The van der Waals surface area contributed by atoms with Crippen molar-refractivity contribution >= 4 is 58.7 Å². The number of thiol groups is 2. The van der Waals surface area contributed by atoms with E-state index in [-0.39, 0.29) is 50.6 Å². The maximum absolute atomic E-state index is 9.85. The van der Waals surface area contributed by atoms with Crippen molar-refractivity contribution in [3.05, 3.63) is 273 Å². The zero-order valence-electron chi connectivity index (χ0n) is 49.4. The molecule has 0 amide bonds. The van der Waals surface area contributed by atoms with Gasteiger partial charge in [0.25, 0.3) is 0 Å². The molecule has 1 nitrogen and oxygen atoms in total. The average molecular weight is 1140 g/mol. The first kappa shape index (κ1) is 65.3. The predicted octanol–water partition coefficient (Wildman–Crippen LogP) is 21.2. The van der Waals surface area contributed by atoms with Crippen LogP contribution < -0.4 is 0 Å². The van der Waals surface area contributed by atoms with Crippen molar-refractivity contribution in [1.82, 2.24) is 0 Å². The molecule has 0 heterocycles. The van der Waals surface area contributed by atoms with E-state index in [9.17, 15) is 5.11 Å². The topological polar surface area (TPSA) is 20.2 Å². The van der Waals surface area contributed by atoms with Crippen molar-refractivity contribution in [2.75, 3.05) is 0 Å². The molecule has 1 radical (unpaired) electrons. The van der Waals surface area contributed by atoms with E-state index in [2.05, 4.69) is 291 Å². The molecule has 7 aromatic rings. The first-order valence-corrected chi connectivity index (χ1v) is 28.2. The maximum atomic E-state index is 9.85. The summed E-state index contributed by atoms with van der Waals surface area (Å²) in [6, 6.07) is 65.4. The van der Waals surface area contributed by atoms with E-state index in [0.29, 0.717) is 5.41 Å². The van der Waals surface area contributed by atoms with Gasteiger partial charge in [-0.1, -0.05) is 219 Å². The van der Waals surface area contributed by atoms with Crippen LogP contribution >= 0.6 is 25.3 Å². The van der Waals surface area contributed by atoms with E-state index in [0.717, 1.165) is 38.5 Å². The molecule has 0 bridgehead atoms. The Kier molecular flexibility index (Phi) is 25.9. The third kappa shape index (κ3) is 19.0. The van der Waals surface area contributed by atoms with Gasteiger partial charge in [-0.05, 0) is 172 Å². The average Bonchev–Trinajstić information content (AvgIpc) is 3.48. The minimum Gasteiger partial charge on any atom is -0.392 e. The summed E-state index contributed by atoms with van der Waals surface area (Å²) < 4.78 is 0. The minimum atomic E-state index is 0. The zero-order chi connectivity index (χ0) is 56.5. The fourth-order valence-corrected chi connectivity index (χ4v) is 9.53. The van der Waals surface area contributed by atoms with E-state index in [1.165, 1.54) is 83.5 Å². The molecular formula is C74H85OS2Y-. The maximum Gasteiger partial charge on any atom is 0.0681 e. The van der Waals surface area contributed by atoms with Gasteiger partial charge in [0.2, 0.25) is 0 Å². The van der Waals surface area contributed by atoms with Gasteiger partial charge >= 0.3 is 0 Å². The molecule has 1 unspecified atom stereocenters. The summed E-state index contributed by atoms with van der Waals surface area (Å²) in [4.78, 5) is 1.88. The van der Waals surface area contributed by atoms with Crippen LogP contribution in [0.5, 0.6) is 0 Å². The molecule has 78 heavy (non-hydrogen) atoms. The molecule has 1 aliphatic rings. The van der Waals surface area contributed by atoms with Crippen LogP contribution in [0.2, 0.25) is 0 Å². The molecule has 1 aliphatic carbocycles. The van der Waals surface area contributed by atoms with Crippen molar-refractivity contribution in [2.24, 2.45) is 11.3 Å². The van der Waals surface area contributed by atoms with Gasteiger partial charge < -0.3 is 5.11 Å². The van der Waals surface area contributed by atoms with Gasteiger partial charge in [0.15, 0.2) is 0 Å². The van der Waals surface area contributed by atoms with Gasteiger partial charge in [0.05, 0.1) is 6.61 Å². The van der Waals surface area contributed by atoms with Crippen LogP contribution in [-0.2, 0) is 44.7 Å². The molecule has 7 aromatic carbocycles. The SMILES string of the molecule is C/C(=C(C1=CCC(C(=C(/C)c2ccc(S)cc2)/C(=C(\C)c2ccc(CO)cc2)c2ccccc2)C=C1)\C(=C(/C)c1ccc(C)cc1)c1cc[c-]cc1)c1ccc(S)cc1.CC.CC(C)(C)C.Cc1ccc(C(C)(C)C)cc1.[Y]. The molecule has 0 saturated carbocycles. The second kappa shape index (κ2) is 30.9. The molecule has 0 fully saturated rings. The van der Waals surface area contributed by atoms with E-state index in [1.54, 1.807) is 0 Å². The van der Waals surface area contributed by atoms with Crippen LogP contribution in [0, 0.1) is 31.2 Å². The van der Waals surface area contributed by atoms with E-state index < -0.39 is 0 Å². The molecule has 0 aliphatic heterocycles. The van der Waals surface area contributed by atoms with Crippen molar-refractivity contribution in [3.63, 3.8) is 0 Å². The zero-order valence-corrected chi connectivity index (χ0v) is 54.0. The van der Waals surface area contributed by atoms with Gasteiger partial charge in [0.1, 0.15) is 0 Å². The number of aliphatic hydroxyl groups is 1. The second-order valence-corrected chi connectivity index (χ2v) is 23.5. The van der Waals surface area contributed by atoms with Crippen LogP contribution in [-0.4, -0.2) is 5.11 Å². The number of aliphatic hydroxyl groups excluding tert-OH is 1. The van der Waals surface area contributed by atoms with Crippen LogP contribution in [0.3, 0.4) is 0 Å². The number of aryl methyl sites for hydroxylation is 2. The Morgan fingerprint density at radius 1 is 0.500 bits per heavy atom. The van der Waals surface area contributed by atoms with Crippen LogP contribution in [0.1, 0.15) is 152 Å². The van der Waals surface area contributed by atoms with Gasteiger partial charge in [0, 0.05) is 48.4 Å². The smallest absolute Gasteiger partial charge is 0.0681 e. The van der Waals surface area contributed by atoms with Crippen molar-refractivity contribution in [2.45, 2.75) is 132 Å². The molecule has 0 aromatic heterocycles. The Morgan fingerprint density at radius 2 is 0.897 bits per heavy atom. The van der Waals surface area contributed by atoms with Crippen molar-refractivity contribution in [1.29, 1.82) is 0 Å². The second-order valence-electron chi connectivity index (χ2n) is 22.5. The summed E-state index contributed by atoms with van der Waals surface area (Å²) in [5, 5.41) is 9.85. The Balaban J connectivity index is 0.000000592. The van der Waals surface area contributed by atoms with Gasteiger partial charge in [-0.2, -0.15) is 30.3 Å². The number of hydrogen-bond acceptors (Lipinski definition) is 3. The van der Waals surface area contributed by atoms with Crippen LogP contribution in [0.15, 0.2) is 221 Å². The Labute approximate surface area is 508 Å². The van der Waals surface area contributed by atoms with Crippen molar-refractivity contribution in [3.8, 4) is 0 Å². The third-order valence-electron chi connectivity index (χ3n) is 13.4. The first-order valence-electron chi connectivity index (χ1n) is 27.3. The van der Waals surface area contributed by atoms with Gasteiger partial charge in [-0.25, -0.2) is 0 Å². The summed E-state index contributed by atoms with van der Waals surface area (Å²) in [5.41, 5.74) is 23.6. The van der Waals surface area contributed by atoms with E-state index >= 15 is 0 Å². The fourth-order valence-electron chi connectivity index (χ4n) is 9.23. The molecule has 403 valence electrons. The molecule has 1 N–H and O–H groups in total. The van der Waals surface area contributed by atoms with Crippen LogP contribution in [0.25, 0.3) is 33.4 Å². The number of allylic oxidation sites excluding steroid dienone is 12. The summed E-state index contributed by atoms with van der Waals surface area (Å²) >= 11 is 9.27. The quantitative estimate of drug-likeness (QED) is 0.0510.